The first-order chi connectivity index (χ1) is 11.6. The van der Waals surface area contributed by atoms with Crippen molar-refractivity contribution >= 4 is 32.8 Å². The Morgan fingerprint density at radius 3 is 2.72 bits per heavy atom. The van der Waals surface area contributed by atoms with Crippen LogP contribution in [0, 0.1) is 24.1 Å². The number of esters is 1. The molecule has 1 aromatic carbocycles. The number of nitrogens with zero attached hydrogens (tertiary/aromatic N) is 2. The summed E-state index contributed by atoms with van der Waals surface area (Å²) in [6.07, 6.45) is 0.497. The van der Waals surface area contributed by atoms with Gasteiger partial charge in [0.2, 0.25) is 0 Å². The van der Waals surface area contributed by atoms with Crippen LogP contribution in [0.15, 0.2) is 22.7 Å². The van der Waals surface area contributed by atoms with Crippen LogP contribution in [-0.4, -0.2) is 16.6 Å². The van der Waals surface area contributed by atoms with Gasteiger partial charge in [0.25, 0.3) is 0 Å². The standard InChI is InChI=1S/C19H20BrFN2O2/c1-11-13(10-14-16(23-11)8-7-15(20)17(14)21)12(6-5-9-22)18(24)25-19(2,3)4/h7-8,10,12H,5-6H2,1-4H3. The zero-order chi connectivity index (χ0) is 18.8. The van der Waals surface area contributed by atoms with Gasteiger partial charge in [-0.2, -0.15) is 5.26 Å². The summed E-state index contributed by atoms with van der Waals surface area (Å²) in [5.74, 6) is -1.51. The minimum absolute atomic E-state index is 0.197. The lowest BCUT2D eigenvalue weighted by Crippen LogP contribution is -2.28. The second kappa shape index (κ2) is 7.49. The Hall–Kier alpha value is -2.00. The molecule has 1 atom stereocenters. The summed E-state index contributed by atoms with van der Waals surface area (Å²) in [6, 6.07) is 7.02. The van der Waals surface area contributed by atoms with E-state index in [2.05, 4.69) is 27.0 Å². The normalized spacial score (nSPS) is 12.7. The average molecular weight is 407 g/mol. The van der Waals surface area contributed by atoms with Crippen molar-refractivity contribution in [3.05, 3.63) is 39.7 Å². The Morgan fingerprint density at radius 2 is 2.12 bits per heavy atom. The number of halogens is 2. The van der Waals surface area contributed by atoms with Crippen LogP contribution < -0.4 is 0 Å². The highest BCUT2D eigenvalue weighted by molar-refractivity contribution is 9.10. The van der Waals surface area contributed by atoms with Crippen LogP contribution in [0.25, 0.3) is 10.9 Å². The fourth-order valence-electron chi connectivity index (χ4n) is 2.63. The van der Waals surface area contributed by atoms with Gasteiger partial charge in [0.1, 0.15) is 11.4 Å². The molecule has 132 valence electrons. The van der Waals surface area contributed by atoms with E-state index in [4.69, 9.17) is 10.00 Å². The van der Waals surface area contributed by atoms with Crippen LogP contribution in [0.1, 0.15) is 50.8 Å². The highest BCUT2D eigenvalue weighted by Crippen LogP contribution is 2.32. The van der Waals surface area contributed by atoms with Crippen LogP contribution in [0.4, 0.5) is 4.39 Å². The number of ether oxygens (including phenoxy) is 1. The summed E-state index contributed by atoms with van der Waals surface area (Å²) >= 11 is 3.17. The van der Waals surface area contributed by atoms with Crippen LogP contribution in [0.3, 0.4) is 0 Å². The summed E-state index contributed by atoms with van der Waals surface area (Å²) in [5.41, 5.74) is 1.09. The predicted octanol–water partition coefficient (Wildman–Crippen LogP) is 5.17. The number of fused-ring (bicyclic) bond motifs is 1. The number of carbonyl (C=O) groups excluding carboxylic acids is 1. The van der Waals surface area contributed by atoms with Gasteiger partial charge in [-0.25, -0.2) is 4.39 Å². The largest absolute Gasteiger partial charge is 0.459 e. The molecule has 0 amide bonds. The van der Waals surface area contributed by atoms with E-state index in [0.717, 1.165) is 0 Å². The lowest BCUT2D eigenvalue weighted by molar-refractivity contribution is -0.156. The van der Waals surface area contributed by atoms with Gasteiger partial charge in [-0.1, -0.05) is 0 Å². The summed E-state index contributed by atoms with van der Waals surface area (Å²) in [7, 11) is 0. The lowest BCUT2D eigenvalue weighted by Gasteiger charge is -2.24. The van der Waals surface area contributed by atoms with E-state index >= 15 is 0 Å². The van der Waals surface area contributed by atoms with Crippen LogP contribution in [0.5, 0.6) is 0 Å². The smallest absolute Gasteiger partial charge is 0.314 e. The fourth-order valence-corrected chi connectivity index (χ4v) is 2.98. The molecule has 25 heavy (non-hydrogen) atoms. The van der Waals surface area contributed by atoms with E-state index in [0.29, 0.717) is 33.1 Å². The van der Waals surface area contributed by atoms with E-state index in [1.165, 1.54) is 0 Å². The Morgan fingerprint density at radius 1 is 1.44 bits per heavy atom. The number of pyridine rings is 1. The Balaban J connectivity index is 2.56. The molecular weight excluding hydrogens is 387 g/mol. The third kappa shape index (κ3) is 4.55. The first-order valence-electron chi connectivity index (χ1n) is 7.99. The van der Waals surface area contributed by atoms with Crippen molar-refractivity contribution < 1.29 is 13.9 Å². The number of nitriles is 1. The molecule has 0 saturated carbocycles. The number of aromatic nitrogens is 1. The molecule has 6 heteroatoms. The minimum atomic E-state index is -0.658. The van der Waals surface area contributed by atoms with Crippen molar-refractivity contribution in [2.24, 2.45) is 0 Å². The fraction of sp³-hybridized carbons (Fsp3) is 0.421. The number of hydrogen-bond donors (Lipinski definition) is 0. The van der Waals surface area contributed by atoms with Crippen molar-refractivity contribution in [3.8, 4) is 6.07 Å². The molecule has 0 aliphatic rings. The summed E-state index contributed by atoms with van der Waals surface area (Å²) in [6.45, 7) is 7.13. The molecule has 0 spiro atoms. The second-order valence-electron chi connectivity index (χ2n) is 6.87. The molecule has 0 radical (unpaired) electrons. The SMILES string of the molecule is Cc1nc2ccc(Br)c(F)c2cc1C(CCC#N)C(=O)OC(C)(C)C. The molecule has 0 aliphatic carbocycles. The molecular formula is C19H20BrFN2O2. The summed E-state index contributed by atoms with van der Waals surface area (Å²) in [4.78, 5) is 17.1. The van der Waals surface area contributed by atoms with Crippen molar-refractivity contribution in [2.45, 2.75) is 52.1 Å². The zero-order valence-corrected chi connectivity index (χ0v) is 16.3. The van der Waals surface area contributed by atoms with Gasteiger partial charge in [-0.15, -0.1) is 0 Å². The minimum Gasteiger partial charge on any atom is -0.459 e. The average Bonchev–Trinajstić information content (AvgIpc) is 2.50. The highest BCUT2D eigenvalue weighted by atomic mass is 79.9. The van der Waals surface area contributed by atoms with E-state index < -0.39 is 23.3 Å². The molecule has 4 nitrogen and oxygen atoms in total. The predicted molar refractivity (Wildman–Crippen MR) is 97.6 cm³/mol. The topological polar surface area (TPSA) is 63.0 Å². The molecule has 0 bridgehead atoms. The molecule has 0 saturated heterocycles. The third-order valence-electron chi connectivity index (χ3n) is 3.73. The number of carbonyl (C=O) groups is 1. The van der Waals surface area contributed by atoms with E-state index in [1.54, 1.807) is 45.9 Å². The van der Waals surface area contributed by atoms with Gasteiger partial charge in [0.15, 0.2) is 0 Å². The lowest BCUT2D eigenvalue weighted by atomic mass is 9.92. The number of benzene rings is 1. The van der Waals surface area contributed by atoms with Gasteiger partial charge in [-0.05, 0) is 73.8 Å². The Kier molecular flexibility index (Phi) is 5.79. The first-order valence-corrected chi connectivity index (χ1v) is 8.78. The van der Waals surface area contributed by atoms with Crippen LogP contribution >= 0.6 is 15.9 Å². The van der Waals surface area contributed by atoms with E-state index in [1.807, 2.05) is 0 Å². The molecule has 1 aromatic heterocycles. The molecule has 0 aliphatic heterocycles. The Bertz CT molecular complexity index is 853. The monoisotopic (exact) mass is 406 g/mol. The third-order valence-corrected chi connectivity index (χ3v) is 4.34. The van der Waals surface area contributed by atoms with E-state index in [9.17, 15) is 9.18 Å². The molecule has 0 N–H and O–H groups in total. The van der Waals surface area contributed by atoms with Crippen LogP contribution in [-0.2, 0) is 9.53 Å². The molecule has 1 unspecified atom stereocenters. The number of aryl methyl sites for hydroxylation is 1. The molecule has 0 fully saturated rings. The van der Waals surface area contributed by atoms with Crippen LogP contribution in [0.2, 0.25) is 0 Å². The van der Waals surface area contributed by atoms with Gasteiger partial charge >= 0.3 is 5.97 Å². The van der Waals surface area contributed by atoms with Crippen molar-refractivity contribution in [1.82, 2.24) is 4.98 Å². The van der Waals surface area contributed by atoms with Crippen molar-refractivity contribution in [2.75, 3.05) is 0 Å². The second-order valence-corrected chi connectivity index (χ2v) is 7.73. The summed E-state index contributed by atoms with van der Waals surface area (Å²) in [5, 5.41) is 9.25. The Labute approximate surface area is 155 Å². The number of rotatable bonds is 4. The van der Waals surface area contributed by atoms with Crippen molar-refractivity contribution in [1.29, 1.82) is 5.26 Å². The number of hydrogen-bond acceptors (Lipinski definition) is 4. The van der Waals surface area contributed by atoms with Gasteiger partial charge in [-0.3, -0.25) is 9.78 Å². The van der Waals surface area contributed by atoms with Gasteiger partial charge in [0.05, 0.1) is 22.0 Å². The molecule has 2 rings (SSSR count). The maximum Gasteiger partial charge on any atom is 0.314 e. The van der Waals surface area contributed by atoms with Gasteiger partial charge in [0, 0.05) is 17.5 Å². The summed E-state index contributed by atoms with van der Waals surface area (Å²) < 4.78 is 20.3. The zero-order valence-electron chi connectivity index (χ0n) is 14.7. The van der Waals surface area contributed by atoms with Crippen molar-refractivity contribution in [3.63, 3.8) is 0 Å². The molecule has 2 aromatic rings. The van der Waals surface area contributed by atoms with E-state index in [-0.39, 0.29) is 6.42 Å². The quantitative estimate of drug-likeness (QED) is 0.656. The molecule has 1 heterocycles. The maximum atomic E-state index is 14.4. The van der Waals surface area contributed by atoms with Gasteiger partial charge < -0.3 is 4.74 Å². The maximum absolute atomic E-state index is 14.4. The first kappa shape index (κ1) is 19.3. The highest BCUT2D eigenvalue weighted by Gasteiger charge is 2.28.